The number of hydrogen-bond acceptors (Lipinski definition) is 7. The summed E-state index contributed by atoms with van der Waals surface area (Å²) in [5.41, 5.74) is 1.53. The summed E-state index contributed by atoms with van der Waals surface area (Å²) in [5.74, 6) is -3.04. The van der Waals surface area contributed by atoms with Crippen LogP contribution in [0.1, 0.15) is 62.7 Å². The Balaban J connectivity index is 2.24. The number of fused-ring (bicyclic) bond motifs is 1. The fourth-order valence-corrected chi connectivity index (χ4v) is 7.92. The highest BCUT2D eigenvalue weighted by Crippen LogP contribution is 2.62. The van der Waals surface area contributed by atoms with Gasteiger partial charge in [0, 0.05) is 49.1 Å². The average molecular weight is 609 g/mol. The van der Waals surface area contributed by atoms with Gasteiger partial charge in [-0.25, -0.2) is 4.79 Å². The highest BCUT2D eigenvalue weighted by molar-refractivity contribution is 8.24. The van der Waals surface area contributed by atoms with E-state index >= 15 is 0 Å². The molecule has 0 radical (unpaired) electrons. The predicted molar refractivity (Wildman–Crippen MR) is 165 cm³/mol. The first-order chi connectivity index (χ1) is 19.4. The van der Waals surface area contributed by atoms with Crippen molar-refractivity contribution in [3.63, 3.8) is 0 Å². The van der Waals surface area contributed by atoms with Crippen molar-refractivity contribution in [3.8, 4) is 5.75 Å². The lowest BCUT2D eigenvalue weighted by atomic mass is 9.79. The Bertz CT molecular complexity index is 1260. The van der Waals surface area contributed by atoms with E-state index in [9.17, 15) is 23.1 Å². The van der Waals surface area contributed by atoms with Gasteiger partial charge in [-0.3, -0.25) is 13.9 Å². The standard InChI is InChI=1S/C30H41FN2O6S2/c1-6-8-14-30(15-9-7-2)19-33(22-12-10-21(11-13-22)28(34)32(3)4)24-16-26(40-5)25(39-18-23(31)29(35)36)17-27(24)41(37,38)20-30/h10-13,16-18,37-38H,6-9,14-15,19-20H2,1-5H3,(H,35,36)/b23-18-. The van der Waals surface area contributed by atoms with Crippen LogP contribution in [0.2, 0.25) is 0 Å². The Morgan fingerprint density at radius 2 is 1.73 bits per heavy atom. The number of unbranched alkanes of at least 4 members (excludes halogenated alkanes) is 2. The van der Waals surface area contributed by atoms with E-state index in [0.29, 0.717) is 29.0 Å². The van der Waals surface area contributed by atoms with Crippen LogP contribution in [-0.2, 0) is 4.79 Å². The molecule has 1 aliphatic heterocycles. The van der Waals surface area contributed by atoms with Crippen molar-refractivity contribution in [1.29, 1.82) is 0 Å². The van der Waals surface area contributed by atoms with E-state index in [0.717, 1.165) is 44.2 Å². The van der Waals surface area contributed by atoms with E-state index in [1.54, 1.807) is 38.6 Å². The van der Waals surface area contributed by atoms with Crippen molar-refractivity contribution in [2.75, 3.05) is 37.5 Å². The maximum atomic E-state index is 13.8. The fourth-order valence-electron chi connectivity index (χ4n) is 5.20. The molecular formula is C30H41FN2O6S2. The van der Waals surface area contributed by atoms with Gasteiger partial charge in [-0.05, 0) is 49.4 Å². The Labute approximate surface area is 247 Å². The number of carboxylic acid groups (broad SMARTS) is 1. The number of nitrogens with zero attached hydrogens (tertiary/aromatic N) is 2. The summed E-state index contributed by atoms with van der Waals surface area (Å²) in [7, 11) is 0.0495. The molecule has 1 aliphatic rings. The lowest BCUT2D eigenvalue weighted by Gasteiger charge is -2.42. The van der Waals surface area contributed by atoms with Crippen molar-refractivity contribution >= 4 is 45.6 Å². The van der Waals surface area contributed by atoms with E-state index in [4.69, 9.17) is 9.84 Å². The van der Waals surface area contributed by atoms with Gasteiger partial charge in [-0.1, -0.05) is 39.5 Å². The maximum absolute atomic E-state index is 13.8. The summed E-state index contributed by atoms with van der Waals surface area (Å²) >= 11 is 1.31. The molecule has 3 rings (SSSR count). The van der Waals surface area contributed by atoms with Crippen molar-refractivity contribution in [1.82, 2.24) is 4.90 Å². The topological polar surface area (TPSA) is 111 Å². The highest BCUT2D eigenvalue weighted by atomic mass is 32.3. The number of carbonyl (C=O) groups is 2. The second kappa shape index (κ2) is 14.0. The number of halogens is 1. The number of anilines is 2. The van der Waals surface area contributed by atoms with Crippen LogP contribution in [0.15, 0.2) is 58.3 Å². The summed E-state index contributed by atoms with van der Waals surface area (Å²) in [6.07, 6.45) is 7.75. The molecule has 0 unspecified atom stereocenters. The van der Waals surface area contributed by atoms with Crippen LogP contribution < -0.4 is 9.64 Å². The number of ether oxygens (including phenoxy) is 1. The second-order valence-electron chi connectivity index (χ2n) is 10.7. The molecule has 226 valence electrons. The molecule has 11 heteroatoms. The molecule has 0 fully saturated rings. The zero-order chi connectivity index (χ0) is 30.4. The third-order valence-corrected chi connectivity index (χ3v) is 10.1. The molecule has 0 saturated heterocycles. The van der Waals surface area contributed by atoms with Crippen molar-refractivity contribution in [2.45, 2.75) is 62.2 Å². The normalized spacial score (nSPS) is 16.9. The quantitative estimate of drug-likeness (QED) is 0.126. The number of carbonyl (C=O) groups excluding carboxylic acids is 1. The minimum atomic E-state index is -3.35. The fraction of sp³-hybridized carbons (Fsp3) is 0.467. The van der Waals surface area contributed by atoms with Crippen LogP contribution >= 0.6 is 22.4 Å². The molecule has 0 atom stereocenters. The largest absolute Gasteiger partial charge is 0.476 e. The van der Waals surface area contributed by atoms with Crippen molar-refractivity contribution in [3.05, 3.63) is 54.1 Å². The molecule has 0 aliphatic carbocycles. The van der Waals surface area contributed by atoms with E-state index < -0.39 is 27.8 Å². The monoisotopic (exact) mass is 608 g/mol. The van der Waals surface area contributed by atoms with Gasteiger partial charge in [0.15, 0.2) is 0 Å². The number of rotatable bonds is 12. The van der Waals surface area contributed by atoms with Gasteiger partial charge in [0.1, 0.15) is 12.0 Å². The van der Waals surface area contributed by atoms with Gasteiger partial charge in [0.25, 0.3) is 5.91 Å². The lowest BCUT2D eigenvalue weighted by Crippen LogP contribution is -2.38. The van der Waals surface area contributed by atoms with Gasteiger partial charge < -0.3 is 19.6 Å². The zero-order valence-electron chi connectivity index (χ0n) is 24.4. The zero-order valence-corrected chi connectivity index (χ0v) is 26.0. The molecular weight excluding hydrogens is 567 g/mol. The highest BCUT2D eigenvalue weighted by Gasteiger charge is 2.42. The van der Waals surface area contributed by atoms with Crippen LogP contribution in [0.4, 0.5) is 15.8 Å². The van der Waals surface area contributed by atoms with Gasteiger partial charge in [-0.15, -0.1) is 11.8 Å². The molecule has 1 heterocycles. The summed E-state index contributed by atoms with van der Waals surface area (Å²) in [5, 5.41) is 8.91. The summed E-state index contributed by atoms with van der Waals surface area (Å²) in [6.45, 7) is 4.78. The smallest absolute Gasteiger partial charge is 0.368 e. The van der Waals surface area contributed by atoms with Crippen LogP contribution in [0, 0.1) is 5.41 Å². The predicted octanol–water partition coefficient (Wildman–Crippen LogP) is 8.01. The molecule has 41 heavy (non-hydrogen) atoms. The first-order valence-electron chi connectivity index (χ1n) is 13.7. The molecule has 0 bridgehead atoms. The number of aliphatic carboxylic acids is 1. The Morgan fingerprint density at radius 3 is 2.24 bits per heavy atom. The third-order valence-electron chi connectivity index (χ3n) is 7.34. The number of benzene rings is 2. The second-order valence-corrected chi connectivity index (χ2v) is 13.6. The molecule has 3 N–H and O–H groups in total. The maximum Gasteiger partial charge on any atom is 0.368 e. The Kier molecular flexibility index (Phi) is 11.2. The first-order valence-corrected chi connectivity index (χ1v) is 16.6. The van der Waals surface area contributed by atoms with E-state index in [-0.39, 0.29) is 22.3 Å². The number of thioether (sulfide) groups is 1. The van der Waals surface area contributed by atoms with Crippen LogP contribution in [0.3, 0.4) is 0 Å². The van der Waals surface area contributed by atoms with Gasteiger partial charge in [0.2, 0.25) is 5.83 Å². The number of amides is 1. The van der Waals surface area contributed by atoms with Gasteiger partial charge in [-0.2, -0.15) is 15.0 Å². The molecule has 0 spiro atoms. The molecule has 0 saturated carbocycles. The summed E-state index contributed by atoms with van der Waals surface area (Å²) in [4.78, 5) is 28.0. The lowest BCUT2D eigenvalue weighted by molar-refractivity contribution is -0.134. The Hall–Kier alpha value is -2.73. The average Bonchev–Trinajstić information content (AvgIpc) is 3.04. The van der Waals surface area contributed by atoms with Crippen LogP contribution in [0.25, 0.3) is 0 Å². The molecule has 8 nitrogen and oxygen atoms in total. The molecule has 2 aromatic rings. The minimum Gasteiger partial charge on any atom is -0.476 e. The van der Waals surface area contributed by atoms with Crippen molar-refractivity contribution < 1.29 is 32.9 Å². The van der Waals surface area contributed by atoms with Gasteiger partial charge in [0.05, 0.1) is 15.5 Å². The third kappa shape index (κ3) is 7.77. The van der Waals surface area contributed by atoms with Gasteiger partial charge >= 0.3 is 5.97 Å². The van der Waals surface area contributed by atoms with E-state index in [1.807, 2.05) is 12.1 Å². The van der Waals surface area contributed by atoms with Crippen LogP contribution in [0.5, 0.6) is 5.75 Å². The number of carboxylic acids is 1. The number of hydrogen-bond donors (Lipinski definition) is 3. The Morgan fingerprint density at radius 1 is 1.12 bits per heavy atom. The summed E-state index contributed by atoms with van der Waals surface area (Å²) < 4.78 is 42.7. The van der Waals surface area contributed by atoms with Crippen LogP contribution in [-0.4, -0.2) is 63.6 Å². The summed E-state index contributed by atoms with van der Waals surface area (Å²) in [6, 6.07) is 10.6. The van der Waals surface area contributed by atoms with E-state index in [2.05, 4.69) is 18.7 Å². The minimum absolute atomic E-state index is 0.115. The first kappa shape index (κ1) is 32.8. The molecule has 1 amide bonds. The SMILES string of the molecule is CCCCC1(CCCC)CN(c2ccc(C(=O)N(C)C)cc2)c2cc(SC)c(O/C=C(\F)C(=O)O)cc2S(O)(O)C1. The molecule has 2 aromatic carbocycles. The van der Waals surface area contributed by atoms with Crippen molar-refractivity contribution in [2.24, 2.45) is 5.41 Å². The molecule has 0 aromatic heterocycles. The van der Waals surface area contributed by atoms with E-state index in [1.165, 1.54) is 22.7 Å².